The van der Waals surface area contributed by atoms with Crippen LogP contribution < -0.4 is 4.72 Å². The molecule has 2 saturated carbocycles. The zero-order chi connectivity index (χ0) is 18.2. The van der Waals surface area contributed by atoms with Crippen LogP contribution in [0, 0.1) is 29.1 Å². The minimum absolute atomic E-state index is 0.0440. The smallest absolute Gasteiger partial charge is 0.214 e. The number of benzene rings is 1. The van der Waals surface area contributed by atoms with Crippen LogP contribution in [0.5, 0.6) is 0 Å². The Kier molecular flexibility index (Phi) is 3.36. The zero-order valence-corrected chi connectivity index (χ0v) is 14.3. The van der Waals surface area contributed by atoms with Crippen LogP contribution in [-0.2, 0) is 16.2 Å². The van der Waals surface area contributed by atoms with Gasteiger partial charge in [-0.2, -0.15) is 18.4 Å². The van der Waals surface area contributed by atoms with Crippen molar-refractivity contribution < 1.29 is 21.6 Å². The molecule has 8 heteroatoms. The Morgan fingerprint density at radius 1 is 1.32 bits per heavy atom. The fraction of sp³-hybridized carbons (Fsp3) is 0.588. The lowest BCUT2D eigenvalue weighted by Gasteiger charge is -2.37. The van der Waals surface area contributed by atoms with Crippen molar-refractivity contribution in [3.8, 4) is 6.07 Å². The molecule has 1 aromatic rings. The molecule has 0 spiro atoms. The summed E-state index contributed by atoms with van der Waals surface area (Å²) in [5, 5.41) is 8.93. The number of fused-ring (bicyclic) bond motifs is 5. The first kappa shape index (κ1) is 16.9. The lowest BCUT2D eigenvalue weighted by Crippen LogP contribution is -2.45. The lowest BCUT2D eigenvalue weighted by atomic mass is 9.71. The van der Waals surface area contributed by atoms with Crippen LogP contribution in [0.15, 0.2) is 18.2 Å². The fourth-order valence-electron chi connectivity index (χ4n) is 5.35. The summed E-state index contributed by atoms with van der Waals surface area (Å²) in [5.41, 5.74) is -0.727. The van der Waals surface area contributed by atoms with Crippen LogP contribution >= 0.6 is 0 Å². The molecule has 1 aliphatic heterocycles. The third-order valence-corrected chi connectivity index (χ3v) is 8.99. The van der Waals surface area contributed by atoms with E-state index in [9.17, 15) is 21.6 Å². The largest absolute Gasteiger partial charge is 0.417 e. The average molecular weight is 370 g/mol. The molecule has 1 saturated heterocycles. The van der Waals surface area contributed by atoms with Gasteiger partial charge in [0.2, 0.25) is 10.0 Å². The van der Waals surface area contributed by atoms with E-state index in [1.54, 1.807) is 19.1 Å². The van der Waals surface area contributed by atoms with Crippen LogP contribution in [-0.4, -0.2) is 19.7 Å². The van der Waals surface area contributed by atoms with Crippen LogP contribution in [0.4, 0.5) is 13.2 Å². The summed E-state index contributed by atoms with van der Waals surface area (Å²) in [6.07, 6.45) is -3.28. The van der Waals surface area contributed by atoms with Gasteiger partial charge in [-0.05, 0) is 61.1 Å². The van der Waals surface area contributed by atoms with Gasteiger partial charge in [-0.1, -0.05) is 6.07 Å². The predicted octanol–water partition coefficient (Wildman–Crippen LogP) is 3.01. The number of alkyl halides is 3. The van der Waals surface area contributed by atoms with Gasteiger partial charge in [-0.15, -0.1) is 0 Å². The summed E-state index contributed by atoms with van der Waals surface area (Å²) in [6.45, 7) is 2.13. The number of nitrogens with one attached hydrogen (secondary N) is 1. The third kappa shape index (κ3) is 2.12. The molecule has 25 heavy (non-hydrogen) atoms. The van der Waals surface area contributed by atoms with E-state index in [4.69, 9.17) is 5.26 Å². The maximum absolute atomic E-state index is 13.2. The molecule has 0 amide bonds. The molecule has 3 aliphatic rings. The molecular weight excluding hydrogens is 353 g/mol. The molecule has 3 fully saturated rings. The molecule has 2 bridgehead atoms. The standard InChI is InChI=1S/C17H17F3N2O2S/c1-16-11-5-12(13(6-11)15(16)8-22-25(16,23)24)9-2-3-10(7-21)14(4-9)17(18,19)20/h2-4,11-13,15,22H,5-6,8H2,1H3/t11-,12?,13-,15-,16+/m0/s1. The van der Waals surface area contributed by atoms with Crippen LogP contribution in [0.1, 0.15) is 42.4 Å². The van der Waals surface area contributed by atoms with Gasteiger partial charge in [0.1, 0.15) is 0 Å². The Balaban J connectivity index is 1.72. The van der Waals surface area contributed by atoms with Crippen molar-refractivity contribution in [3.63, 3.8) is 0 Å². The highest BCUT2D eigenvalue weighted by Gasteiger charge is 2.67. The average Bonchev–Trinajstić information content (AvgIpc) is 3.15. The summed E-state index contributed by atoms with van der Waals surface area (Å²) in [6, 6.07) is 5.50. The molecule has 5 atom stereocenters. The summed E-state index contributed by atoms with van der Waals surface area (Å²) in [7, 11) is -3.37. The maximum Gasteiger partial charge on any atom is 0.417 e. The molecule has 4 rings (SSSR count). The van der Waals surface area contributed by atoms with Gasteiger partial charge < -0.3 is 0 Å². The van der Waals surface area contributed by atoms with E-state index >= 15 is 0 Å². The molecule has 134 valence electrons. The molecule has 2 aliphatic carbocycles. The second-order valence-electron chi connectivity index (χ2n) is 7.50. The summed E-state index contributed by atoms with van der Waals surface area (Å²) >= 11 is 0. The number of hydrogen-bond donors (Lipinski definition) is 1. The summed E-state index contributed by atoms with van der Waals surface area (Å²) < 4.78 is 66.2. The van der Waals surface area contributed by atoms with E-state index in [0.717, 1.165) is 12.5 Å². The Labute approximate surface area is 144 Å². The molecule has 0 aromatic heterocycles. The summed E-state index contributed by atoms with van der Waals surface area (Å²) in [5.74, 6) is -0.162. The van der Waals surface area contributed by atoms with Gasteiger partial charge in [-0.25, -0.2) is 13.1 Å². The zero-order valence-electron chi connectivity index (χ0n) is 13.5. The predicted molar refractivity (Wildman–Crippen MR) is 83.9 cm³/mol. The van der Waals surface area contributed by atoms with Crippen molar-refractivity contribution in [1.82, 2.24) is 4.72 Å². The Morgan fingerprint density at radius 2 is 2.04 bits per heavy atom. The summed E-state index contributed by atoms with van der Waals surface area (Å²) in [4.78, 5) is 0. The molecule has 1 aromatic carbocycles. The van der Waals surface area contributed by atoms with E-state index in [2.05, 4.69) is 4.72 Å². The highest BCUT2D eigenvalue weighted by Crippen LogP contribution is 2.64. The molecule has 4 nitrogen and oxygen atoms in total. The third-order valence-electron chi connectivity index (χ3n) is 6.65. The van der Waals surface area contributed by atoms with Gasteiger partial charge in [0, 0.05) is 6.54 Å². The van der Waals surface area contributed by atoms with E-state index in [1.165, 1.54) is 6.07 Å². The maximum atomic E-state index is 13.2. The minimum atomic E-state index is -4.58. The highest BCUT2D eigenvalue weighted by atomic mass is 32.2. The Bertz CT molecular complexity index is 890. The van der Waals surface area contributed by atoms with Crippen molar-refractivity contribution in [2.75, 3.05) is 6.54 Å². The fourth-order valence-corrected chi connectivity index (χ4v) is 7.34. The second kappa shape index (κ2) is 4.98. The van der Waals surface area contributed by atoms with E-state index in [-0.39, 0.29) is 29.2 Å². The van der Waals surface area contributed by atoms with E-state index in [0.29, 0.717) is 18.5 Å². The number of nitrogens with zero attached hydrogens (tertiary/aromatic N) is 1. The van der Waals surface area contributed by atoms with Gasteiger partial charge in [0.25, 0.3) is 0 Å². The SMILES string of the molecule is C[C@@]12[C@H]3CC(c4ccc(C#N)c(C(F)(F)F)c4)[C@H](C3)[C@@H]1CNS2(=O)=O. The van der Waals surface area contributed by atoms with E-state index in [1.807, 2.05) is 0 Å². The van der Waals surface area contributed by atoms with Crippen LogP contribution in [0.3, 0.4) is 0 Å². The van der Waals surface area contributed by atoms with Crippen LogP contribution in [0.2, 0.25) is 0 Å². The Morgan fingerprint density at radius 3 is 2.68 bits per heavy atom. The topological polar surface area (TPSA) is 70.0 Å². The van der Waals surface area contributed by atoms with Crippen molar-refractivity contribution in [2.24, 2.45) is 17.8 Å². The first-order valence-corrected chi connectivity index (χ1v) is 9.68. The van der Waals surface area contributed by atoms with Crippen molar-refractivity contribution in [2.45, 2.75) is 36.6 Å². The number of halogens is 3. The van der Waals surface area contributed by atoms with E-state index < -0.39 is 26.5 Å². The second-order valence-corrected chi connectivity index (χ2v) is 9.67. The Hall–Kier alpha value is -1.59. The molecular formula is C17H17F3N2O2S. The molecule has 1 heterocycles. The van der Waals surface area contributed by atoms with Crippen molar-refractivity contribution in [3.05, 3.63) is 34.9 Å². The lowest BCUT2D eigenvalue weighted by molar-refractivity contribution is -0.137. The molecule has 0 radical (unpaired) electrons. The first-order chi connectivity index (χ1) is 11.6. The monoisotopic (exact) mass is 370 g/mol. The number of sulfonamides is 1. The van der Waals surface area contributed by atoms with Gasteiger partial charge in [-0.3, -0.25) is 0 Å². The van der Waals surface area contributed by atoms with Crippen LogP contribution in [0.25, 0.3) is 0 Å². The quantitative estimate of drug-likeness (QED) is 0.826. The van der Waals surface area contributed by atoms with Gasteiger partial charge in [0.15, 0.2) is 0 Å². The number of rotatable bonds is 1. The van der Waals surface area contributed by atoms with Crippen molar-refractivity contribution >= 4 is 10.0 Å². The first-order valence-electron chi connectivity index (χ1n) is 8.20. The highest BCUT2D eigenvalue weighted by molar-refractivity contribution is 7.91. The molecule has 1 N–H and O–H groups in total. The van der Waals surface area contributed by atoms with Gasteiger partial charge in [0.05, 0.1) is 21.9 Å². The number of hydrogen-bond acceptors (Lipinski definition) is 3. The minimum Gasteiger partial charge on any atom is -0.214 e. The molecule has 1 unspecified atom stereocenters. The number of nitriles is 1. The van der Waals surface area contributed by atoms with Gasteiger partial charge >= 0.3 is 6.18 Å². The van der Waals surface area contributed by atoms with Crippen molar-refractivity contribution in [1.29, 1.82) is 5.26 Å². The normalized spacial score (nSPS) is 38.5.